The molecule has 0 saturated carbocycles. The van der Waals surface area contributed by atoms with E-state index in [0.717, 1.165) is 4.47 Å². The molecular formula is C21H22BrN3O5S. The van der Waals surface area contributed by atoms with E-state index in [9.17, 15) is 18.0 Å². The summed E-state index contributed by atoms with van der Waals surface area (Å²) in [7, 11) is -3.77. The number of benzene rings is 2. The lowest BCUT2D eigenvalue weighted by atomic mass is 10.2. The molecule has 2 amide bonds. The summed E-state index contributed by atoms with van der Waals surface area (Å²) >= 11 is 3.35. The SMILES string of the molecule is CC[C@H]1Oc2ccc(S(=O)(=O)N3CCN(C(=O)c4ccc(Br)cc4)CC3)cc2NC1=O. The van der Waals surface area contributed by atoms with E-state index in [4.69, 9.17) is 4.74 Å². The van der Waals surface area contributed by atoms with Crippen molar-refractivity contribution in [2.45, 2.75) is 24.3 Å². The van der Waals surface area contributed by atoms with E-state index in [-0.39, 0.29) is 29.8 Å². The normalized spacial score (nSPS) is 19.4. The number of rotatable bonds is 4. The summed E-state index contributed by atoms with van der Waals surface area (Å²) in [6, 6.07) is 11.6. The van der Waals surface area contributed by atoms with Crippen LogP contribution in [0.15, 0.2) is 51.8 Å². The molecule has 10 heteroatoms. The first-order valence-electron chi connectivity index (χ1n) is 9.96. The molecule has 0 aromatic heterocycles. The molecule has 8 nitrogen and oxygen atoms in total. The van der Waals surface area contributed by atoms with Crippen molar-refractivity contribution in [2.24, 2.45) is 0 Å². The fraction of sp³-hybridized carbons (Fsp3) is 0.333. The molecule has 1 saturated heterocycles. The molecule has 2 heterocycles. The molecule has 2 aromatic rings. The zero-order valence-electron chi connectivity index (χ0n) is 16.9. The van der Waals surface area contributed by atoms with Gasteiger partial charge in [0.25, 0.3) is 11.8 Å². The Morgan fingerprint density at radius 1 is 1.13 bits per heavy atom. The highest BCUT2D eigenvalue weighted by Crippen LogP contribution is 2.33. The van der Waals surface area contributed by atoms with Crippen molar-refractivity contribution in [1.82, 2.24) is 9.21 Å². The van der Waals surface area contributed by atoms with E-state index in [1.807, 2.05) is 6.92 Å². The van der Waals surface area contributed by atoms with Crippen LogP contribution in [0.5, 0.6) is 5.75 Å². The lowest BCUT2D eigenvalue weighted by Gasteiger charge is -2.34. The molecule has 2 aliphatic rings. The molecule has 0 aliphatic carbocycles. The number of carbonyl (C=O) groups excluding carboxylic acids is 2. The Hall–Kier alpha value is -2.43. The Kier molecular flexibility index (Phi) is 6.05. The molecule has 1 atom stereocenters. The summed E-state index contributed by atoms with van der Waals surface area (Å²) in [6.45, 7) is 2.84. The topological polar surface area (TPSA) is 96.0 Å². The Morgan fingerprint density at radius 3 is 2.45 bits per heavy atom. The monoisotopic (exact) mass is 507 g/mol. The predicted octanol–water partition coefficient (Wildman–Crippen LogP) is 2.71. The third kappa shape index (κ3) is 4.32. The van der Waals surface area contributed by atoms with Crippen molar-refractivity contribution in [3.8, 4) is 5.75 Å². The van der Waals surface area contributed by atoms with Crippen molar-refractivity contribution < 1.29 is 22.7 Å². The molecule has 164 valence electrons. The van der Waals surface area contributed by atoms with Crippen molar-refractivity contribution in [1.29, 1.82) is 0 Å². The second-order valence-corrected chi connectivity index (χ2v) is 10.2. The first kappa shape index (κ1) is 21.8. The minimum atomic E-state index is -3.77. The van der Waals surface area contributed by atoms with Crippen LogP contribution in [-0.4, -0.2) is 61.7 Å². The van der Waals surface area contributed by atoms with Crippen LogP contribution in [-0.2, 0) is 14.8 Å². The lowest BCUT2D eigenvalue weighted by molar-refractivity contribution is -0.123. The van der Waals surface area contributed by atoms with Crippen molar-refractivity contribution >= 4 is 43.5 Å². The van der Waals surface area contributed by atoms with Gasteiger partial charge in [0.1, 0.15) is 5.75 Å². The average molecular weight is 508 g/mol. The molecule has 0 unspecified atom stereocenters. The van der Waals surface area contributed by atoms with Gasteiger partial charge in [-0.15, -0.1) is 0 Å². The van der Waals surface area contributed by atoms with Gasteiger partial charge < -0.3 is 15.0 Å². The minimum absolute atomic E-state index is 0.0813. The Balaban J connectivity index is 1.46. The highest BCUT2D eigenvalue weighted by molar-refractivity contribution is 9.10. The van der Waals surface area contributed by atoms with Gasteiger partial charge in [-0.3, -0.25) is 9.59 Å². The van der Waals surface area contributed by atoms with Gasteiger partial charge in [0, 0.05) is 36.2 Å². The van der Waals surface area contributed by atoms with Crippen molar-refractivity contribution in [3.05, 3.63) is 52.5 Å². The maximum Gasteiger partial charge on any atom is 0.265 e. The fourth-order valence-corrected chi connectivity index (χ4v) is 5.33. The van der Waals surface area contributed by atoms with E-state index in [2.05, 4.69) is 21.2 Å². The third-order valence-electron chi connectivity index (χ3n) is 5.40. The lowest BCUT2D eigenvalue weighted by Crippen LogP contribution is -2.50. The molecule has 1 N–H and O–H groups in total. The first-order chi connectivity index (χ1) is 14.8. The number of ether oxygens (including phenoxy) is 1. The van der Waals surface area contributed by atoms with E-state index in [0.29, 0.717) is 36.5 Å². The zero-order valence-corrected chi connectivity index (χ0v) is 19.3. The quantitative estimate of drug-likeness (QED) is 0.686. The van der Waals surface area contributed by atoms with Gasteiger partial charge in [-0.1, -0.05) is 22.9 Å². The molecule has 0 bridgehead atoms. The van der Waals surface area contributed by atoms with E-state index < -0.39 is 16.1 Å². The number of nitrogens with zero attached hydrogens (tertiary/aromatic N) is 2. The van der Waals surface area contributed by atoms with E-state index >= 15 is 0 Å². The first-order valence-corrected chi connectivity index (χ1v) is 12.2. The number of hydrogen-bond acceptors (Lipinski definition) is 5. The molecule has 1 fully saturated rings. The van der Waals surface area contributed by atoms with Gasteiger partial charge in [0.05, 0.1) is 10.6 Å². The maximum absolute atomic E-state index is 13.1. The summed E-state index contributed by atoms with van der Waals surface area (Å²) in [5, 5.41) is 2.72. The van der Waals surface area contributed by atoms with Crippen LogP contribution in [0.4, 0.5) is 5.69 Å². The number of anilines is 1. The number of nitrogens with one attached hydrogen (secondary N) is 1. The summed E-state index contributed by atoms with van der Waals surface area (Å²) in [4.78, 5) is 26.5. The molecule has 0 spiro atoms. The van der Waals surface area contributed by atoms with Crippen LogP contribution in [0.1, 0.15) is 23.7 Å². The summed E-state index contributed by atoms with van der Waals surface area (Å²) in [6.07, 6.45) is -0.0551. The van der Waals surface area contributed by atoms with Crippen LogP contribution in [0, 0.1) is 0 Å². The number of sulfonamides is 1. The van der Waals surface area contributed by atoms with Gasteiger partial charge in [-0.25, -0.2) is 8.42 Å². The van der Waals surface area contributed by atoms with Crippen LogP contribution in [0.25, 0.3) is 0 Å². The van der Waals surface area contributed by atoms with Gasteiger partial charge in [-0.2, -0.15) is 4.31 Å². The summed E-state index contributed by atoms with van der Waals surface area (Å²) in [5.74, 6) is 0.0450. The smallest absolute Gasteiger partial charge is 0.265 e. The van der Waals surface area contributed by atoms with Crippen LogP contribution < -0.4 is 10.1 Å². The second kappa shape index (κ2) is 8.60. The van der Waals surface area contributed by atoms with Crippen LogP contribution >= 0.6 is 15.9 Å². The van der Waals surface area contributed by atoms with Gasteiger partial charge in [0.15, 0.2) is 6.10 Å². The van der Waals surface area contributed by atoms with E-state index in [1.165, 1.54) is 16.4 Å². The fourth-order valence-electron chi connectivity index (χ4n) is 3.61. The number of halogens is 1. The number of carbonyl (C=O) groups is 2. The number of fused-ring (bicyclic) bond motifs is 1. The standard InChI is InChI=1S/C21H22BrN3O5S/c1-2-18-20(26)23-17-13-16(7-8-19(17)30-18)31(28,29)25-11-9-24(10-12-25)21(27)14-3-5-15(22)6-4-14/h3-8,13,18H,2,9-12H2,1H3,(H,23,26)/t18-/m1/s1. The number of piperazine rings is 1. The molecular weight excluding hydrogens is 486 g/mol. The average Bonchev–Trinajstić information content (AvgIpc) is 2.78. The largest absolute Gasteiger partial charge is 0.478 e. The molecule has 2 aliphatic heterocycles. The summed E-state index contributed by atoms with van der Waals surface area (Å²) in [5.41, 5.74) is 0.912. The maximum atomic E-state index is 13.1. The molecule has 2 aromatic carbocycles. The Labute approximate surface area is 189 Å². The minimum Gasteiger partial charge on any atom is -0.478 e. The number of amides is 2. The highest BCUT2D eigenvalue weighted by atomic mass is 79.9. The number of hydrogen-bond donors (Lipinski definition) is 1. The Bertz CT molecular complexity index is 1110. The Morgan fingerprint density at radius 2 is 1.81 bits per heavy atom. The molecule has 4 rings (SSSR count). The molecule has 0 radical (unpaired) electrons. The van der Waals surface area contributed by atoms with Crippen molar-refractivity contribution in [2.75, 3.05) is 31.5 Å². The van der Waals surface area contributed by atoms with Crippen molar-refractivity contribution in [3.63, 3.8) is 0 Å². The summed E-state index contributed by atoms with van der Waals surface area (Å²) < 4.78 is 34.1. The van der Waals surface area contributed by atoms with Crippen LogP contribution in [0.3, 0.4) is 0 Å². The van der Waals surface area contributed by atoms with Gasteiger partial charge in [0.2, 0.25) is 10.0 Å². The van der Waals surface area contributed by atoms with Gasteiger partial charge in [-0.05, 0) is 48.9 Å². The third-order valence-corrected chi connectivity index (χ3v) is 7.82. The predicted molar refractivity (Wildman–Crippen MR) is 119 cm³/mol. The van der Waals surface area contributed by atoms with Crippen LogP contribution in [0.2, 0.25) is 0 Å². The van der Waals surface area contributed by atoms with E-state index in [1.54, 1.807) is 35.2 Å². The van der Waals surface area contributed by atoms with Gasteiger partial charge >= 0.3 is 0 Å². The molecule has 31 heavy (non-hydrogen) atoms. The second-order valence-electron chi connectivity index (χ2n) is 7.37. The zero-order chi connectivity index (χ0) is 22.2. The highest BCUT2D eigenvalue weighted by Gasteiger charge is 2.32.